The molecule has 0 saturated carbocycles. The van der Waals surface area contributed by atoms with E-state index < -0.39 is 10.0 Å². The van der Waals surface area contributed by atoms with Gasteiger partial charge in [0.2, 0.25) is 15.9 Å². The van der Waals surface area contributed by atoms with Crippen LogP contribution in [0.1, 0.15) is 39.2 Å². The van der Waals surface area contributed by atoms with Crippen molar-refractivity contribution in [2.45, 2.75) is 44.9 Å². The largest absolute Gasteiger partial charge is 0.312 e. The van der Waals surface area contributed by atoms with Gasteiger partial charge in [0.15, 0.2) is 0 Å². The zero-order valence-electron chi connectivity index (χ0n) is 16.6. The molecule has 7 heteroatoms. The summed E-state index contributed by atoms with van der Waals surface area (Å²) in [5, 5.41) is 0. The Bertz CT molecular complexity index is 784. The van der Waals surface area contributed by atoms with Crippen molar-refractivity contribution in [3.8, 4) is 0 Å². The van der Waals surface area contributed by atoms with E-state index in [1.54, 1.807) is 34.3 Å². The lowest BCUT2D eigenvalue weighted by Gasteiger charge is -2.34. The summed E-state index contributed by atoms with van der Waals surface area (Å²) in [6.45, 7) is 10.4. The number of amides is 1. The SMILES string of the molecule is CC(=O)N1CCCc2cc(S(=O)(=O)N3CCN(CCC(C)C)CC3)ccc21. The highest BCUT2D eigenvalue weighted by molar-refractivity contribution is 7.89. The van der Waals surface area contributed by atoms with Crippen molar-refractivity contribution >= 4 is 21.6 Å². The van der Waals surface area contributed by atoms with Crippen LogP contribution in [-0.2, 0) is 21.2 Å². The van der Waals surface area contributed by atoms with Gasteiger partial charge < -0.3 is 9.80 Å². The number of piperazine rings is 1. The van der Waals surface area contributed by atoms with E-state index in [2.05, 4.69) is 18.7 Å². The molecule has 2 heterocycles. The van der Waals surface area contributed by atoms with Gasteiger partial charge in [-0.05, 0) is 55.5 Å². The minimum atomic E-state index is -3.48. The van der Waals surface area contributed by atoms with Gasteiger partial charge in [0.25, 0.3) is 0 Å². The molecule has 0 N–H and O–H groups in total. The van der Waals surface area contributed by atoms with E-state index >= 15 is 0 Å². The summed E-state index contributed by atoms with van der Waals surface area (Å²) in [7, 11) is -3.48. The van der Waals surface area contributed by atoms with Crippen molar-refractivity contribution in [3.05, 3.63) is 23.8 Å². The molecule has 1 fully saturated rings. The first-order valence-corrected chi connectivity index (χ1v) is 11.4. The highest BCUT2D eigenvalue weighted by Gasteiger charge is 2.30. The van der Waals surface area contributed by atoms with Crippen molar-refractivity contribution in [1.29, 1.82) is 0 Å². The second-order valence-electron chi connectivity index (χ2n) is 7.99. The molecule has 1 amide bonds. The maximum Gasteiger partial charge on any atom is 0.243 e. The average Bonchev–Trinajstić information content (AvgIpc) is 2.65. The molecular weight excluding hydrogens is 362 g/mol. The second-order valence-corrected chi connectivity index (χ2v) is 9.93. The van der Waals surface area contributed by atoms with Crippen molar-refractivity contribution in [2.75, 3.05) is 44.2 Å². The summed E-state index contributed by atoms with van der Waals surface area (Å²) in [4.78, 5) is 16.3. The number of nitrogens with zero attached hydrogens (tertiary/aromatic N) is 3. The zero-order chi connectivity index (χ0) is 19.6. The van der Waals surface area contributed by atoms with Crippen LogP contribution in [0.2, 0.25) is 0 Å². The molecule has 2 aliphatic rings. The Morgan fingerprint density at radius 3 is 2.44 bits per heavy atom. The fraction of sp³-hybridized carbons (Fsp3) is 0.650. The van der Waals surface area contributed by atoms with Crippen molar-refractivity contribution in [3.63, 3.8) is 0 Å². The molecule has 0 atom stereocenters. The summed E-state index contributed by atoms with van der Waals surface area (Å²) in [6.07, 6.45) is 2.82. The molecule has 0 aliphatic carbocycles. The van der Waals surface area contributed by atoms with Gasteiger partial charge in [0, 0.05) is 45.3 Å². The minimum Gasteiger partial charge on any atom is -0.312 e. The Morgan fingerprint density at radius 1 is 1.11 bits per heavy atom. The highest BCUT2D eigenvalue weighted by Crippen LogP contribution is 2.30. The van der Waals surface area contributed by atoms with E-state index in [4.69, 9.17) is 0 Å². The molecule has 150 valence electrons. The Morgan fingerprint density at radius 2 is 1.81 bits per heavy atom. The average molecular weight is 394 g/mol. The van der Waals surface area contributed by atoms with Gasteiger partial charge in [0.05, 0.1) is 4.90 Å². The Labute approximate surface area is 163 Å². The van der Waals surface area contributed by atoms with Crippen LogP contribution in [0, 0.1) is 5.92 Å². The van der Waals surface area contributed by atoms with Gasteiger partial charge >= 0.3 is 0 Å². The predicted molar refractivity (Wildman–Crippen MR) is 107 cm³/mol. The van der Waals surface area contributed by atoms with Crippen LogP contribution in [-0.4, -0.2) is 62.8 Å². The number of anilines is 1. The molecule has 1 saturated heterocycles. The minimum absolute atomic E-state index is 0.00377. The zero-order valence-corrected chi connectivity index (χ0v) is 17.5. The number of carbonyl (C=O) groups is 1. The van der Waals surface area contributed by atoms with Crippen LogP contribution in [0.4, 0.5) is 5.69 Å². The molecule has 3 rings (SSSR count). The summed E-state index contributed by atoms with van der Waals surface area (Å²) >= 11 is 0. The number of aryl methyl sites for hydroxylation is 1. The summed E-state index contributed by atoms with van der Waals surface area (Å²) < 4.78 is 27.8. The fourth-order valence-corrected chi connectivity index (χ4v) is 5.32. The third-order valence-electron chi connectivity index (χ3n) is 5.54. The monoisotopic (exact) mass is 393 g/mol. The summed E-state index contributed by atoms with van der Waals surface area (Å²) in [6, 6.07) is 5.22. The maximum atomic E-state index is 13.1. The molecule has 2 aliphatic heterocycles. The topological polar surface area (TPSA) is 60.9 Å². The smallest absolute Gasteiger partial charge is 0.243 e. The van der Waals surface area contributed by atoms with Crippen molar-refractivity contribution < 1.29 is 13.2 Å². The number of hydrogen-bond donors (Lipinski definition) is 0. The van der Waals surface area contributed by atoms with Gasteiger partial charge in [-0.3, -0.25) is 4.79 Å². The predicted octanol–water partition coefficient (Wildman–Crippen LogP) is 2.34. The van der Waals surface area contributed by atoms with Crippen LogP contribution in [0.25, 0.3) is 0 Å². The van der Waals surface area contributed by atoms with E-state index in [1.165, 1.54) is 0 Å². The number of fused-ring (bicyclic) bond motifs is 1. The van der Waals surface area contributed by atoms with Crippen LogP contribution in [0.15, 0.2) is 23.1 Å². The first-order chi connectivity index (χ1) is 12.8. The Hall–Kier alpha value is -1.44. The number of carbonyl (C=O) groups excluding carboxylic acids is 1. The first kappa shape index (κ1) is 20.3. The number of sulfonamides is 1. The van der Waals surface area contributed by atoms with Gasteiger partial charge in [-0.1, -0.05) is 13.8 Å². The lowest BCUT2D eigenvalue weighted by molar-refractivity contribution is -0.116. The molecule has 0 spiro atoms. The fourth-order valence-electron chi connectivity index (χ4n) is 3.84. The van der Waals surface area contributed by atoms with E-state index in [0.29, 0.717) is 30.4 Å². The number of rotatable bonds is 5. The van der Waals surface area contributed by atoms with E-state index in [9.17, 15) is 13.2 Å². The molecule has 0 aromatic heterocycles. The molecule has 6 nitrogen and oxygen atoms in total. The van der Waals surface area contributed by atoms with Crippen molar-refractivity contribution in [1.82, 2.24) is 9.21 Å². The van der Waals surface area contributed by atoms with Crippen LogP contribution in [0.3, 0.4) is 0 Å². The quantitative estimate of drug-likeness (QED) is 0.770. The lowest BCUT2D eigenvalue weighted by atomic mass is 10.0. The van der Waals surface area contributed by atoms with Gasteiger partial charge in [-0.25, -0.2) is 8.42 Å². The molecule has 1 aromatic rings. The first-order valence-electron chi connectivity index (χ1n) is 9.92. The van der Waals surface area contributed by atoms with E-state index in [0.717, 1.165) is 50.1 Å². The Balaban J connectivity index is 1.72. The molecule has 0 radical (unpaired) electrons. The molecule has 0 bridgehead atoms. The van der Waals surface area contributed by atoms with Crippen LogP contribution >= 0.6 is 0 Å². The molecular formula is C20H31N3O3S. The van der Waals surface area contributed by atoms with Crippen LogP contribution < -0.4 is 4.90 Å². The summed E-state index contributed by atoms with van der Waals surface area (Å²) in [5.74, 6) is 0.668. The normalized spacial score (nSPS) is 19.3. The van der Waals surface area contributed by atoms with Gasteiger partial charge in [-0.2, -0.15) is 4.31 Å². The van der Waals surface area contributed by atoms with E-state index in [1.807, 2.05) is 0 Å². The van der Waals surface area contributed by atoms with Crippen LogP contribution in [0.5, 0.6) is 0 Å². The lowest BCUT2D eigenvalue weighted by Crippen LogP contribution is -2.48. The number of benzene rings is 1. The number of hydrogen-bond acceptors (Lipinski definition) is 4. The summed E-state index contributed by atoms with van der Waals surface area (Å²) in [5.41, 5.74) is 1.80. The highest BCUT2D eigenvalue weighted by atomic mass is 32.2. The third kappa shape index (κ3) is 4.52. The standard InChI is InChI=1S/C20H31N3O3S/c1-16(2)8-10-21-11-13-22(14-12-21)27(25,26)19-6-7-20-18(15-19)5-4-9-23(20)17(3)24/h6-7,15-16H,4-5,8-14H2,1-3H3. The Kier molecular flexibility index (Phi) is 6.23. The van der Waals surface area contributed by atoms with Gasteiger partial charge in [-0.15, -0.1) is 0 Å². The third-order valence-corrected chi connectivity index (χ3v) is 7.44. The molecule has 1 aromatic carbocycles. The van der Waals surface area contributed by atoms with Gasteiger partial charge in [0.1, 0.15) is 0 Å². The molecule has 0 unspecified atom stereocenters. The van der Waals surface area contributed by atoms with E-state index in [-0.39, 0.29) is 5.91 Å². The second kappa shape index (κ2) is 8.29. The molecule has 27 heavy (non-hydrogen) atoms. The van der Waals surface area contributed by atoms with Crippen molar-refractivity contribution in [2.24, 2.45) is 5.92 Å². The maximum absolute atomic E-state index is 13.1.